The van der Waals surface area contributed by atoms with Crippen LogP contribution < -0.4 is 0 Å². The highest BCUT2D eigenvalue weighted by Crippen LogP contribution is 2.43. The average molecular weight is 182 g/mol. The first-order chi connectivity index (χ1) is 6.04. The molecule has 3 atom stereocenters. The Bertz CT molecular complexity index is 307. The largest absolute Gasteiger partial charge is 0.392 e. The molecule has 2 rings (SSSR count). The number of esters is 2. The van der Waals surface area contributed by atoms with Gasteiger partial charge in [-0.3, -0.25) is 9.59 Å². The third kappa shape index (κ3) is 1.02. The maximum atomic E-state index is 11.3. The first-order valence-corrected chi connectivity index (χ1v) is 4.17. The zero-order valence-corrected chi connectivity index (χ0v) is 7.19. The van der Waals surface area contributed by atoms with Gasteiger partial charge in [0.25, 0.3) is 0 Å². The molecule has 2 aliphatic rings. The van der Waals surface area contributed by atoms with Gasteiger partial charge in [0.2, 0.25) is 0 Å². The Morgan fingerprint density at radius 2 is 2.31 bits per heavy atom. The summed E-state index contributed by atoms with van der Waals surface area (Å²) < 4.78 is 4.52. The summed E-state index contributed by atoms with van der Waals surface area (Å²) in [6, 6.07) is 0. The van der Waals surface area contributed by atoms with Gasteiger partial charge in [-0.15, -0.1) is 0 Å². The number of ether oxygens (including phenoxy) is 1. The zero-order valence-electron chi connectivity index (χ0n) is 7.19. The lowest BCUT2D eigenvalue weighted by Crippen LogP contribution is -2.34. The van der Waals surface area contributed by atoms with E-state index in [2.05, 4.69) is 4.74 Å². The van der Waals surface area contributed by atoms with Gasteiger partial charge < -0.3 is 9.84 Å². The third-order valence-corrected chi connectivity index (χ3v) is 2.78. The van der Waals surface area contributed by atoms with Crippen LogP contribution in [0.4, 0.5) is 0 Å². The van der Waals surface area contributed by atoms with Crippen molar-refractivity contribution in [1.29, 1.82) is 0 Å². The van der Waals surface area contributed by atoms with Crippen LogP contribution in [0, 0.1) is 11.3 Å². The molecule has 1 fully saturated rings. The summed E-state index contributed by atoms with van der Waals surface area (Å²) in [7, 11) is 0. The lowest BCUT2D eigenvalue weighted by Gasteiger charge is -2.26. The minimum Gasteiger partial charge on any atom is -0.392 e. The van der Waals surface area contributed by atoms with E-state index in [4.69, 9.17) is 0 Å². The second kappa shape index (κ2) is 2.42. The lowest BCUT2D eigenvalue weighted by molar-refractivity contribution is -0.154. The van der Waals surface area contributed by atoms with Crippen LogP contribution in [-0.4, -0.2) is 23.1 Å². The van der Waals surface area contributed by atoms with Crippen molar-refractivity contribution in [2.45, 2.75) is 19.4 Å². The summed E-state index contributed by atoms with van der Waals surface area (Å²) in [5.41, 5.74) is -0.851. The molecule has 1 N–H and O–H groups in total. The Hall–Kier alpha value is -1.16. The fraction of sp³-hybridized carbons (Fsp3) is 0.556. The number of fused-ring (bicyclic) bond motifs is 1. The topological polar surface area (TPSA) is 63.6 Å². The summed E-state index contributed by atoms with van der Waals surface area (Å²) >= 11 is 0. The van der Waals surface area contributed by atoms with Crippen molar-refractivity contribution in [2.75, 3.05) is 0 Å². The van der Waals surface area contributed by atoms with E-state index in [0.717, 1.165) is 0 Å². The number of rotatable bonds is 0. The van der Waals surface area contributed by atoms with Crippen molar-refractivity contribution < 1.29 is 19.4 Å². The SMILES string of the molecule is CC12C=CC(O)CC1C(=O)OC2=O. The number of aliphatic hydroxyl groups excluding tert-OH is 1. The Balaban J connectivity index is 2.42. The Morgan fingerprint density at radius 1 is 1.62 bits per heavy atom. The van der Waals surface area contributed by atoms with Crippen molar-refractivity contribution in [3.63, 3.8) is 0 Å². The highest BCUT2D eigenvalue weighted by molar-refractivity contribution is 6.00. The summed E-state index contributed by atoms with van der Waals surface area (Å²) in [5, 5.41) is 9.27. The van der Waals surface area contributed by atoms with Crippen LogP contribution >= 0.6 is 0 Å². The fourth-order valence-corrected chi connectivity index (χ4v) is 1.82. The summed E-state index contributed by atoms with van der Waals surface area (Å²) in [5.74, 6) is -1.54. The molecule has 0 spiro atoms. The molecule has 0 amide bonds. The van der Waals surface area contributed by atoms with E-state index in [9.17, 15) is 14.7 Å². The molecule has 0 aromatic heterocycles. The smallest absolute Gasteiger partial charge is 0.324 e. The molecular weight excluding hydrogens is 172 g/mol. The standard InChI is InChI=1S/C9H10O4/c1-9-3-2-5(10)4-6(9)7(11)13-8(9)12/h2-3,5-6,10H,4H2,1H3. The van der Waals surface area contributed by atoms with Gasteiger partial charge in [-0.05, 0) is 13.3 Å². The van der Waals surface area contributed by atoms with Crippen LogP contribution in [0.15, 0.2) is 12.2 Å². The van der Waals surface area contributed by atoms with E-state index < -0.39 is 29.4 Å². The molecule has 3 unspecified atom stereocenters. The maximum absolute atomic E-state index is 11.3. The van der Waals surface area contributed by atoms with Crippen molar-refractivity contribution in [3.05, 3.63) is 12.2 Å². The Labute approximate surface area is 75.2 Å². The van der Waals surface area contributed by atoms with Gasteiger partial charge in [0.15, 0.2) is 0 Å². The summed E-state index contributed by atoms with van der Waals surface area (Å²) in [4.78, 5) is 22.5. The van der Waals surface area contributed by atoms with Crippen molar-refractivity contribution in [2.24, 2.45) is 11.3 Å². The van der Waals surface area contributed by atoms with Gasteiger partial charge in [0, 0.05) is 0 Å². The van der Waals surface area contributed by atoms with E-state index in [1.54, 1.807) is 13.0 Å². The van der Waals surface area contributed by atoms with Crippen LogP contribution in [0.1, 0.15) is 13.3 Å². The van der Waals surface area contributed by atoms with Crippen molar-refractivity contribution in [3.8, 4) is 0 Å². The number of hydrogen-bond donors (Lipinski definition) is 1. The van der Waals surface area contributed by atoms with Gasteiger partial charge >= 0.3 is 11.9 Å². The van der Waals surface area contributed by atoms with Gasteiger partial charge in [-0.2, -0.15) is 0 Å². The number of hydrogen-bond acceptors (Lipinski definition) is 4. The second-order valence-electron chi connectivity index (χ2n) is 3.71. The second-order valence-corrected chi connectivity index (χ2v) is 3.71. The predicted molar refractivity (Wildman–Crippen MR) is 42.5 cm³/mol. The van der Waals surface area contributed by atoms with Gasteiger partial charge in [-0.1, -0.05) is 12.2 Å². The molecule has 0 aromatic carbocycles. The zero-order chi connectivity index (χ0) is 9.64. The summed E-state index contributed by atoms with van der Waals surface area (Å²) in [6.45, 7) is 1.66. The van der Waals surface area contributed by atoms with Gasteiger partial charge in [0.05, 0.1) is 17.4 Å². The van der Waals surface area contributed by atoms with E-state index in [1.165, 1.54) is 6.08 Å². The third-order valence-electron chi connectivity index (χ3n) is 2.78. The molecule has 1 heterocycles. The normalized spacial score (nSPS) is 43.2. The first kappa shape index (κ1) is 8.44. The van der Waals surface area contributed by atoms with E-state index in [0.29, 0.717) is 0 Å². The Kier molecular flexibility index (Phi) is 1.57. The molecule has 1 aliphatic carbocycles. The molecule has 4 nitrogen and oxygen atoms in total. The summed E-state index contributed by atoms with van der Waals surface area (Å²) in [6.07, 6.45) is 2.74. The lowest BCUT2D eigenvalue weighted by atomic mass is 9.72. The molecule has 70 valence electrons. The minimum atomic E-state index is -0.851. The molecule has 0 aromatic rings. The van der Waals surface area contributed by atoms with Crippen LogP contribution in [0.25, 0.3) is 0 Å². The number of aliphatic hydroxyl groups is 1. The molecule has 4 heteroatoms. The molecule has 1 aliphatic heterocycles. The minimum absolute atomic E-state index is 0.275. The van der Waals surface area contributed by atoms with Crippen molar-refractivity contribution >= 4 is 11.9 Å². The number of carbonyl (C=O) groups excluding carboxylic acids is 2. The van der Waals surface area contributed by atoms with Gasteiger partial charge in [0.1, 0.15) is 0 Å². The van der Waals surface area contributed by atoms with Crippen LogP contribution in [0.3, 0.4) is 0 Å². The fourth-order valence-electron chi connectivity index (χ4n) is 1.82. The number of cyclic esters (lactones) is 2. The molecule has 13 heavy (non-hydrogen) atoms. The molecular formula is C9H10O4. The van der Waals surface area contributed by atoms with Crippen molar-refractivity contribution in [1.82, 2.24) is 0 Å². The van der Waals surface area contributed by atoms with Crippen LogP contribution in [0.2, 0.25) is 0 Å². The molecule has 0 saturated carbocycles. The maximum Gasteiger partial charge on any atom is 0.324 e. The molecule has 0 bridgehead atoms. The highest BCUT2D eigenvalue weighted by Gasteiger charge is 2.54. The predicted octanol–water partition coefficient (Wildman–Crippen LogP) is 0.0131. The monoisotopic (exact) mass is 182 g/mol. The number of carbonyl (C=O) groups is 2. The van der Waals surface area contributed by atoms with Crippen LogP contribution in [0.5, 0.6) is 0 Å². The molecule has 0 radical (unpaired) electrons. The highest BCUT2D eigenvalue weighted by atomic mass is 16.6. The van der Waals surface area contributed by atoms with E-state index >= 15 is 0 Å². The quantitative estimate of drug-likeness (QED) is 0.325. The van der Waals surface area contributed by atoms with Crippen LogP contribution in [-0.2, 0) is 14.3 Å². The van der Waals surface area contributed by atoms with Gasteiger partial charge in [-0.25, -0.2) is 0 Å². The Morgan fingerprint density at radius 3 is 3.00 bits per heavy atom. The average Bonchev–Trinajstić information content (AvgIpc) is 2.28. The van der Waals surface area contributed by atoms with E-state index in [-0.39, 0.29) is 6.42 Å². The molecule has 1 saturated heterocycles. The van der Waals surface area contributed by atoms with E-state index in [1.807, 2.05) is 0 Å². The first-order valence-electron chi connectivity index (χ1n) is 4.17.